The number of nitrogen functional groups attached to an aromatic ring is 2. The van der Waals surface area contributed by atoms with E-state index in [0.29, 0.717) is 11.1 Å². The average molecular weight is 1340 g/mol. The van der Waals surface area contributed by atoms with E-state index < -0.39 is 177 Å². The average Bonchev–Trinajstić information content (AvgIpc) is 1.63. The van der Waals surface area contributed by atoms with Crippen LogP contribution in [0.3, 0.4) is 0 Å². The molecule has 34 nitrogen and oxygen atoms in total. The highest BCUT2D eigenvalue weighted by Crippen LogP contribution is 2.63. The highest BCUT2D eigenvalue weighted by atomic mass is 32.7. The number of aryl methyl sites for hydroxylation is 4. The predicted octanol–water partition coefficient (Wildman–Crippen LogP) is 0.0916. The summed E-state index contributed by atoms with van der Waals surface area (Å²) in [6.45, 7) is -3.31. The van der Waals surface area contributed by atoms with Crippen LogP contribution in [0.5, 0.6) is 0 Å². The number of ether oxygens (including phenoxy) is 7. The molecule has 12 rings (SSSR count). The van der Waals surface area contributed by atoms with Crippen molar-refractivity contribution in [3.05, 3.63) is 99.6 Å². The van der Waals surface area contributed by atoms with Crippen LogP contribution in [0.1, 0.15) is 81.5 Å². The van der Waals surface area contributed by atoms with Gasteiger partial charge in [0.1, 0.15) is 77.1 Å². The molecule has 0 aliphatic carbocycles. The third-order valence-corrected chi connectivity index (χ3v) is 21.7. The number of aromatic nitrogens is 10. The molecule has 7 fully saturated rings. The molecular weight excluding hydrogens is 1270 g/mol. The number of aromatic amines is 2. The molecule has 7 unspecified atom stereocenters. The van der Waals surface area contributed by atoms with Crippen molar-refractivity contribution in [2.45, 2.75) is 171 Å². The smallest absolute Gasteiger partial charge is 0.386 e. The van der Waals surface area contributed by atoms with Gasteiger partial charge in [0.25, 0.3) is 11.1 Å². The number of nitrogens with zero attached hydrogens (tertiary/aromatic N) is 8. The highest BCUT2D eigenvalue weighted by Gasteiger charge is 2.72. The fourth-order valence-corrected chi connectivity index (χ4v) is 16.7. The molecule has 7 aliphatic rings. The van der Waals surface area contributed by atoms with Gasteiger partial charge in [-0.15, -0.1) is 0 Å². The molecule has 474 valence electrons. The van der Waals surface area contributed by atoms with E-state index in [0.717, 1.165) is 9.13 Å². The third kappa shape index (κ3) is 10.7. The number of nitrogens with two attached hydrogens (primary N) is 2. The Hall–Kier alpha value is -4.37. The molecule has 0 spiro atoms. The first-order chi connectivity index (χ1) is 40.8. The molecular formula is C47H61N12O22P3S3. The van der Waals surface area contributed by atoms with E-state index in [1.54, 1.807) is 48.5 Å². The van der Waals surface area contributed by atoms with E-state index in [4.69, 9.17) is 95.4 Å². The van der Waals surface area contributed by atoms with Gasteiger partial charge in [-0.2, -0.15) is 9.97 Å². The Bertz CT molecular complexity index is 4080. The predicted molar refractivity (Wildman–Crippen MR) is 308 cm³/mol. The summed E-state index contributed by atoms with van der Waals surface area (Å²) in [6.07, 6.45) is -12.4. The topological polar surface area (TPSA) is 438 Å². The van der Waals surface area contributed by atoms with E-state index in [1.165, 1.54) is 41.0 Å². The molecule has 40 heteroatoms. The van der Waals surface area contributed by atoms with Gasteiger partial charge in [-0.05, 0) is 79.0 Å². The van der Waals surface area contributed by atoms with Crippen molar-refractivity contribution in [3.8, 4) is 0 Å². The molecule has 0 amide bonds. The Labute approximate surface area is 506 Å². The minimum atomic E-state index is -4.73. The number of aliphatic hydroxyl groups excluding tert-OH is 1. The van der Waals surface area contributed by atoms with Gasteiger partial charge in [-0.1, -0.05) is 12.2 Å². The summed E-state index contributed by atoms with van der Waals surface area (Å²) in [7, 11) is 0. The first-order valence-electron chi connectivity index (χ1n) is 27.0. The standard InChI is InChI=1S/C47H61N12O22P3S3/c1-17-10-56(42(63)53-34(17)48)26-9-25(20(4)72-26)79-82(66,85)70-14-46-22(6)74-29(40(77-46)58-12-19(3)37(61)55-44(58)65)32(46)80-84(68,87)71-15-47-23(7)75-30(41(78-47)59-16-50-27-36(59)51-24(8)52-38(27)62)33(47)81-83(67,86)69-13-45-21(5)73-28(31(45)60)39(76-45)57-11-18(2)35(49)54-43(57)64/h10-12,16,20-23,25-26,28-33,39-41,60H,9,13-15H2,1-8H3,(H,66,85)(H,67,86)(H,68,87)(H2,48,53,63)(H2,49,54,64)(H,51,52,62)(H,55,61,65)/t20-,21+,22+,23+,25?,26-,28+,29+,30+,31?,32?,33?,39-,40-,41-,45-,46-,47-,82?,83?,84?/m1/s1. The zero-order valence-electron chi connectivity index (χ0n) is 47.2. The zero-order valence-corrected chi connectivity index (χ0v) is 52.4. The van der Waals surface area contributed by atoms with E-state index in [1.807, 2.05) is 0 Å². The Morgan fingerprint density at radius 2 is 1.16 bits per heavy atom. The number of hydrogen-bond acceptors (Lipinski definition) is 28. The Morgan fingerprint density at radius 1 is 0.667 bits per heavy atom. The lowest BCUT2D eigenvalue weighted by atomic mass is 9.94. The van der Waals surface area contributed by atoms with Crippen molar-refractivity contribution in [1.29, 1.82) is 0 Å². The van der Waals surface area contributed by atoms with Gasteiger partial charge in [0, 0.05) is 41.7 Å². The van der Waals surface area contributed by atoms with Crippen molar-refractivity contribution in [2.75, 3.05) is 31.3 Å². The number of imidazole rings is 1. The first kappa shape index (κ1) is 62.8. The maximum absolute atomic E-state index is 14.3. The molecule has 9 N–H and O–H groups in total. The molecule has 7 aliphatic heterocycles. The molecule has 5 aromatic heterocycles. The first-order valence-corrected chi connectivity index (χ1v) is 34.9. The van der Waals surface area contributed by atoms with Crippen LogP contribution >= 0.6 is 32.5 Å². The van der Waals surface area contributed by atoms with Crippen molar-refractivity contribution >= 4 is 78.9 Å². The Kier molecular flexibility index (Phi) is 16.0. The number of anilines is 2. The molecule has 12 heterocycles. The fraction of sp³-hybridized carbons (Fsp3) is 0.638. The lowest BCUT2D eigenvalue weighted by Crippen LogP contribution is -2.52. The van der Waals surface area contributed by atoms with Crippen molar-refractivity contribution in [1.82, 2.24) is 48.2 Å². The number of hydrogen-bond donors (Lipinski definition) is 8. The van der Waals surface area contributed by atoms with Crippen LogP contribution in [0.25, 0.3) is 11.2 Å². The number of fused-ring (bicyclic) bond motifs is 7. The number of thiol groups is 1. The molecule has 7 saturated heterocycles. The van der Waals surface area contributed by atoms with Gasteiger partial charge in [-0.25, -0.2) is 28.9 Å². The summed E-state index contributed by atoms with van der Waals surface area (Å²) < 4.78 is 101. The van der Waals surface area contributed by atoms with Crippen LogP contribution in [0.15, 0.2) is 48.9 Å². The summed E-state index contributed by atoms with van der Waals surface area (Å²) in [5, 5.41) is 11.7. The maximum atomic E-state index is 14.3. The van der Waals surface area contributed by atoms with Crippen LogP contribution in [-0.2, 0) is 88.5 Å². The van der Waals surface area contributed by atoms with Gasteiger partial charge in [0.15, 0.2) is 29.8 Å². The summed E-state index contributed by atoms with van der Waals surface area (Å²) in [4.78, 5) is 111. The summed E-state index contributed by atoms with van der Waals surface area (Å²) >= 11 is 15.7. The monoisotopic (exact) mass is 1330 g/mol. The highest BCUT2D eigenvalue weighted by molar-refractivity contribution is 8.44. The SMILES string of the molecule is Cc1nc2c(ncn2[C@@H]2O[C@@]3(COP(O)(=S)OC4[C@@H]5O[C@@H](C)[C@@]4(COP(=O)(S)OC4C[C@H](n6cc(C)c(N)nc6=O)O[C@@H]4C)O[C@H]5n4cc(C)c(=O)[nH]c4=O)C(OP(O)(=S)OC[C@@]45O[C@@H](n6cc(C)c(N)nc6=O)[C@@H](O[C@H]4C)C5O)[C@@H]2O[C@H]3C)c(=O)[nH]1. The lowest BCUT2D eigenvalue weighted by Gasteiger charge is -2.38. The van der Waals surface area contributed by atoms with E-state index >= 15 is 0 Å². The summed E-state index contributed by atoms with van der Waals surface area (Å²) in [5.74, 6) is 0.259. The largest absolute Gasteiger partial charge is 0.387 e. The summed E-state index contributed by atoms with van der Waals surface area (Å²) in [5.41, 5.74) is 3.52. The third-order valence-electron chi connectivity index (χ3n) is 17.0. The number of aliphatic hydroxyl groups is 1. The zero-order chi connectivity index (χ0) is 62.6. The second-order valence-electron chi connectivity index (χ2n) is 22.5. The summed E-state index contributed by atoms with van der Waals surface area (Å²) in [6, 6.07) is 0. The van der Waals surface area contributed by atoms with Gasteiger partial charge in [0.2, 0.25) is 0 Å². The van der Waals surface area contributed by atoms with Gasteiger partial charge >= 0.3 is 37.3 Å². The number of H-pyrrole nitrogens is 2. The molecule has 87 heavy (non-hydrogen) atoms. The second kappa shape index (κ2) is 22.2. The molecule has 0 radical (unpaired) electrons. The lowest BCUT2D eigenvalue weighted by molar-refractivity contribution is -0.218. The van der Waals surface area contributed by atoms with Crippen LogP contribution in [0.4, 0.5) is 11.6 Å². The Morgan fingerprint density at radius 3 is 1.77 bits per heavy atom. The van der Waals surface area contributed by atoms with Gasteiger partial charge < -0.3 is 73.6 Å². The molecule has 6 bridgehead atoms. The molecule has 5 aromatic rings. The molecule has 0 aromatic carbocycles. The normalized spacial score (nSPS) is 37.1. The van der Waals surface area contributed by atoms with Crippen LogP contribution in [0, 0.1) is 27.7 Å². The van der Waals surface area contributed by atoms with Gasteiger partial charge in [-0.3, -0.25) is 50.9 Å². The van der Waals surface area contributed by atoms with E-state index in [2.05, 4.69) is 42.2 Å². The van der Waals surface area contributed by atoms with Crippen molar-refractivity contribution < 1.29 is 79.8 Å². The van der Waals surface area contributed by atoms with E-state index in [-0.39, 0.29) is 40.6 Å². The number of nitrogens with one attached hydrogen (secondary N) is 2. The second-order valence-corrected chi connectivity index (χ2v) is 30.9. The van der Waals surface area contributed by atoms with Crippen LogP contribution in [-0.4, -0.2) is 167 Å². The molecule has 21 atom stereocenters. The quantitative estimate of drug-likeness (QED) is 0.0401. The van der Waals surface area contributed by atoms with Crippen LogP contribution in [0.2, 0.25) is 0 Å². The minimum Gasteiger partial charge on any atom is -0.387 e. The maximum Gasteiger partial charge on any atom is 0.386 e. The Balaban J connectivity index is 0.819. The number of rotatable bonds is 19. The fourth-order valence-electron chi connectivity index (χ4n) is 12.2. The van der Waals surface area contributed by atoms with Gasteiger partial charge in [0.05, 0.1) is 56.7 Å². The minimum absolute atomic E-state index is 0.00200. The van der Waals surface area contributed by atoms with E-state index in [9.17, 15) is 43.4 Å². The van der Waals surface area contributed by atoms with Crippen LogP contribution < -0.4 is 39.7 Å². The van der Waals surface area contributed by atoms with Crippen molar-refractivity contribution in [3.63, 3.8) is 0 Å². The molecule has 0 saturated carbocycles. The van der Waals surface area contributed by atoms with Crippen molar-refractivity contribution in [2.24, 2.45) is 0 Å².